The highest BCUT2D eigenvalue weighted by atomic mass is 127. The third-order valence-corrected chi connectivity index (χ3v) is 2.24. The summed E-state index contributed by atoms with van der Waals surface area (Å²) in [5.41, 5.74) is 1.12. The molecule has 1 aromatic rings. The van der Waals surface area contributed by atoms with Crippen LogP contribution in [0.15, 0.2) is 21.8 Å². The summed E-state index contributed by atoms with van der Waals surface area (Å²) in [6, 6.07) is 1.85. The number of nitrogens with one attached hydrogen (secondary N) is 1. The normalized spacial score (nSPS) is 11.9. The molecule has 0 unspecified atom stereocenters. The standard InChI is InChI=1S/C12H22N4O.HI/c1-12(2,3)9-14-11(13-4)16(5)8-10-6-7-17-15-10;/h6-7H,8-9H2,1-5H3,(H,13,14);1H. The molecule has 18 heavy (non-hydrogen) atoms. The fourth-order valence-electron chi connectivity index (χ4n) is 1.37. The van der Waals surface area contributed by atoms with Gasteiger partial charge in [-0.3, -0.25) is 4.99 Å². The van der Waals surface area contributed by atoms with Crippen molar-refractivity contribution in [3.05, 3.63) is 18.0 Å². The van der Waals surface area contributed by atoms with Crippen LogP contribution in [0.1, 0.15) is 26.5 Å². The Bertz CT molecular complexity index is 357. The van der Waals surface area contributed by atoms with Gasteiger partial charge in [0, 0.05) is 26.7 Å². The molecular weight excluding hydrogens is 343 g/mol. The molecule has 0 aliphatic rings. The van der Waals surface area contributed by atoms with E-state index < -0.39 is 0 Å². The van der Waals surface area contributed by atoms with Crippen molar-refractivity contribution >= 4 is 29.9 Å². The molecule has 0 aliphatic carbocycles. The van der Waals surface area contributed by atoms with Crippen LogP contribution in [-0.2, 0) is 6.54 Å². The number of aromatic nitrogens is 1. The maximum absolute atomic E-state index is 4.81. The van der Waals surface area contributed by atoms with Gasteiger partial charge in [-0.1, -0.05) is 25.9 Å². The minimum atomic E-state index is 0. The molecule has 0 radical (unpaired) electrons. The predicted octanol–water partition coefficient (Wildman–Crippen LogP) is 2.35. The zero-order valence-electron chi connectivity index (χ0n) is 11.7. The lowest BCUT2D eigenvalue weighted by molar-refractivity contribution is 0.376. The van der Waals surface area contributed by atoms with Crippen molar-refractivity contribution in [2.24, 2.45) is 10.4 Å². The monoisotopic (exact) mass is 366 g/mol. The molecule has 1 rings (SSSR count). The van der Waals surface area contributed by atoms with Crippen molar-refractivity contribution < 1.29 is 4.52 Å². The molecule has 5 nitrogen and oxygen atoms in total. The largest absolute Gasteiger partial charge is 0.364 e. The Kier molecular flexibility index (Phi) is 7.27. The van der Waals surface area contributed by atoms with Crippen LogP contribution in [0.25, 0.3) is 0 Å². The first kappa shape index (κ1) is 17.2. The van der Waals surface area contributed by atoms with E-state index in [1.54, 1.807) is 13.3 Å². The summed E-state index contributed by atoms with van der Waals surface area (Å²) in [5, 5.41) is 7.22. The Morgan fingerprint density at radius 2 is 2.17 bits per heavy atom. The summed E-state index contributed by atoms with van der Waals surface area (Å²) in [4.78, 5) is 6.26. The molecule has 1 N–H and O–H groups in total. The summed E-state index contributed by atoms with van der Waals surface area (Å²) in [6.45, 7) is 8.11. The predicted molar refractivity (Wildman–Crippen MR) is 84.2 cm³/mol. The lowest BCUT2D eigenvalue weighted by Gasteiger charge is -2.25. The smallest absolute Gasteiger partial charge is 0.193 e. The van der Waals surface area contributed by atoms with E-state index >= 15 is 0 Å². The molecule has 104 valence electrons. The SMILES string of the molecule is CN=C(NCC(C)(C)C)N(C)Cc1ccon1.I. The zero-order chi connectivity index (χ0) is 12.9. The average Bonchev–Trinajstić information content (AvgIpc) is 2.69. The quantitative estimate of drug-likeness (QED) is 0.507. The topological polar surface area (TPSA) is 53.7 Å². The van der Waals surface area contributed by atoms with Crippen molar-refractivity contribution in [2.45, 2.75) is 27.3 Å². The molecule has 0 aliphatic heterocycles. The van der Waals surface area contributed by atoms with Gasteiger partial charge in [-0.25, -0.2) is 0 Å². The Balaban J connectivity index is 0.00000289. The number of hydrogen-bond acceptors (Lipinski definition) is 3. The molecule has 1 heterocycles. The number of guanidine groups is 1. The second-order valence-electron chi connectivity index (χ2n) is 5.31. The Morgan fingerprint density at radius 3 is 2.61 bits per heavy atom. The van der Waals surface area contributed by atoms with Gasteiger partial charge in [0.25, 0.3) is 0 Å². The maximum Gasteiger partial charge on any atom is 0.193 e. The molecule has 1 aromatic heterocycles. The molecule has 0 amide bonds. The zero-order valence-corrected chi connectivity index (χ0v) is 14.1. The summed E-state index contributed by atoms with van der Waals surface area (Å²) >= 11 is 0. The van der Waals surface area contributed by atoms with E-state index in [2.05, 4.69) is 36.2 Å². The molecule has 0 bridgehead atoms. The molecule has 6 heteroatoms. The van der Waals surface area contributed by atoms with Gasteiger partial charge >= 0.3 is 0 Å². The molecule has 0 aromatic carbocycles. The van der Waals surface area contributed by atoms with Gasteiger partial charge in [0.1, 0.15) is 12.0 Å². The third-order valence-electron chi connectivity index (χ3n) is 2.24. The number of nitrogens with zero attached hydrogens (tertiary/aromatic N) is 3. The van der Waals surface area contributed by atoms with Crippen LogP contribution in [0.4, 0.5) is 0 Å². The Labute approximate surface area is 126 Å². The van der Waals surface area contributed by atoms with E-state index in [4.69, 9.17) is 4.52 Å². The molecule has 0 saturated carbocycles. The van der Waals surface area contributed by atoms with E-state index in [9.17, 15) is 0 Å². The van der Waals surface area contributed by atoms with Crippen LogP contribution in [0.3, 0.4) is 0 Å². The molecule has 0 spiro atoms. The molecular formula is C12H23IN4O. The lowest BCUT2D eigenvalue weighted by Crippen LogP contribution is -2.42. The second-order valence-corrected chi connectivity index (χ2v) is 5.31. The van der Waals surface area contributed by atoms with E-state index in [1.165, 1.54) is 0 Å². The summed E-state index contributed by atoms with van der Waals surface area (Å²) in [6.07, 6.45) is 1.58. The fourth-order valence-corrected chi connectivity index (χ4v) is 1.37. The van der Waals surface area contributed by atoms with Gasteiger partial charge in [0.2, 0.25) is 0 Å². The van der Waals surface area contributed by atoms with E-state index in [0.29, 0.717) is 6.54 Å². The maximum atomic E-state index is 4.81. The average molecular weight is 366 g/mol. The molecule has 0 atom stereocenters. The second kappa shape index (κ2) is 7.60. The third kappa shape index (κ3) is 6.23. The minimum absolute atomic E-state index is 0. The number of hydrogen-bond donors (Lipinski definition) is 1. The van der Waals surface area contributed by atoms with Gasteiger partial charge < -0.3 is 14.7 Å². The molecule has 0 saturated heterocycles. The van der Waals surface area contributed by atoms with Crippen molar-refractivity contribution in [2.75, 3.05) is 20.6 Å². The summed E-state index contributed by atoms with van der Waals surface area (Å²) in [7, 11) is 3.76. The first-order valence-electron chi connectivity index (χ1n) is 5.73. The summed E-state index contributed by atoms with van der Waals surface area (Å²) in [5.74, 6) is 0.864. The van der Waals surface area contributed by atoms with Crippen LogP contribution in [0.2, 0.25) is 0 Å². The van der Waals surface area contributed by atoms with Crippen LogP contribution in [0.5, 0.6) is 0 Å². The first-order valence-corrected chi connectivity index (χ1v) is 5.73. The lowest BCUT2D eigenvalue weighted by atomic mass is 9.97. The Morgan fingerprint density at radius 1 is 1.50 bits per heavy atom. The highest BCUT2D eigenvalue weighted by molar-refractivity contribution is 14.0. The Hall–Kier alpha value is -0.790. The fraction of sp³-hybridized carbons (Fsp3) is 0.667. The first-order chi connectivity index (χ1) is 7.92. The van der Waals surface area contributed by atoms with Gasteiger partial charge in [0.05, 0.1) is 6.54 Å². The van der Waals surface area contributed by atoms with E-state index in [0.717, 1.165) is 18.2 Å². The van der Waals surface area contributed by atoms with Crippen LogP contribution in [-0.4, -0.2) is 36.7 Å². The van der Waals surface area contributed by atoms with E-state index in [-0.39, 0.29) is 29.4 Å². The highest BCUT2D eigenvalue weighted by Crippen LogP contribution is 2.10. The van der Waals surface area contributed by atoms with Crippen molar-refractivity contribution in [1.82, 2.24) is 15.4 Å². The van der Waals surface area contributed by atoms with Gasteiger partial charge in [-0.15, -0.1) is 24.0 Å². The van der Waals surface area contributed by atoms with E-state index in [1.807, 2.05) is 18.0 Å². The van der Waals surface area contributed by atoms with Gasteiger partial charge in [-0.2, -0.15) is 0 Å². The highest BCUT2D eigenvalue weighted by Gasteiger charge is 2.13. The number of rotatable bonds is 3. The van der Waals surface area contributed by atoms with Crippen molar-refractivity contribution in [3.63, 3.8) is 0 Å². The molecule has 0 fully saturated rings. The van der Waals surface area contributed by atoms with Crippen molar-refractivity contribution in [3.8, 4) is 0 Å². The van der Waals surface area contributed by atoms with Crippen LogP contribution < -0.4 is 5.32 Å². The van der Waals surface area contributed by atoms with Gasteiger partial charge in [-0.05, 0) is 5.41 Å². The minimum Gasteiger partial charge on any atom is -0.364 e. The van der Waals surface area contributed by atoms with Gasteiger partial charge in [0.15, 0.2) is 5.96 Å². The summed E-state index contributed by atoms with van der Waals surface area (Å²) < 4.78 is 4.81. The number of halogens is 1. The van der Waals surface area contributed by atoms with Crippen LogP contribution >= 0.6 is 24.0 Å². The van der Waals surface area contributed by atoms with Crippen molar-refractivity contribution in [1.29, 1.82) is 0 Å². The number of aliphatic imine (C=N–C) groups is 1. The van der Waals surface area contributed by atoms with Crippen LogP contribution in [0, 0.1) is 5.41 Å².